The van der Waals surface area contributed by atoms with Crippen molar-refractivity contribution in [1.29, 1.82) is 0 Å². The number of anilines is 3. The van der Waals surface area contributed by atoms with Crippen LogP contribution in [0.25, 0.3) is 10.9 Å². The van der Waals surface area contributed by atoms with Crippen molar-refractivity contribution in [2.75, 3.05) is 57.2 Å². The summed E-state index contributed by atoms with van der Waals surface area (Å²) >= 11 is 0. The number of aromatic nitrogens is 3. The number of halogens is 2. The van der Waals surface area contributed by atoms with E-state index in [4.69, 9.17) is 18.9 Å². The highest BCUT2D eigenvalue weighted by molar-refractivity contribution is 6.07. The molecule has 13 heteroatoms. The predicted octanol–water partition coefficient (Wildman–Crippen LogP) is 6.14. The third-order valence-corrected chi connectivity index (χ3v) is 7.56. The van der Waals surface area contributed by atoms with Crippen molar-refractivity contribution in [3.05, 3.63) is 90.3 Å². The van der Waals surface area contributed by atoms with Crippen LogP contribution < -0.4 is 24.8 Å². The molecule has 47 heavy (non-hydrogen) atoms. The quantitative estimate of drug-likeness (QED) is 0.155. The van der Waals surface area contributed by atoms with E-state index in [0.717, 1.165) is 39.3 Å². The van der Waals surface area contributed by atoms with Crippen LogP contribution >= 0.6 is 0 Å². The van der Waals surface area contributed by atoms with Crippen molar-refractivity contribution >= 4 is 34.0 Å². The lowest BCUT2D eigenvalue weighted by atomic mass is 10.1. The number of morpholine rings is 1. The number of rotatable bonds is 12. The number of aryl methyl sites for hydroxylation is 1. The number of nitrogens with zero attached hydrogens (tertiary/aromatic N) is 4. The van der Waals surface area contributed by atoms with Gasteiger partial charge in [0.05, 0.1) is 32.4 Å². The lowest BCUT2D eigenvalue weighted by molar-refractivity contribution is 0.0357. The SMILES string of the molecule is COc1cc2c(Oc3ccc(Nc4nn(C)cc4C(=O)Nc4ccc(F)cc4)cc3F)ccnc2cc1OCCCN1CCOCC1. The van der Waals surface area contributed by atoms with Crippen LogP contribution in [0.4, 0.5) is 26.0 Å². The van der Waals surface area contributed by atoms with Crippen LogP contribution in [0.3, 0.4) is 0 Å². The summed E-state index contributed by atoms with van der Waals surface area (Å²) in [5.74, 6) is 0.144. The number of nitrogens with one attached hydrogen (secondary N) is 2. The number of amides is 1. The average Bonchev–Trinajstić information content (AvgIpc) is 3.45. The van der Waals surface area contributed by atoms with Gasteiger partial charge in [0.2, 0.25) is 0 Å². The maximum atomic E-state index is 15.4. The van der Waals surface area contributed by atoms with Crippen molar-refractivity contribution in [1.82, 2.24) is 19.7 Å². The molecule has 0 unspecified atom stereocenters. The van der Waals surface area contributed by atoms with E-state index in [1.807, 2.05) is 0 Å². The number of ether oxygens (including phenoxy) is 4. The number of hydrogen-bond acceptors (Lipinski definition) is 9. The standard InChI is InChI=1S/C34H34F2N6O5/c1-41-21-26(34(43)39-23-6-4-22(35)5-7-23)33(40-41)38-24-8-9-30(27(36)18-24)47-29-10-11-37-28-20-32(31(44-2)19-25(28)29)46-15-3-12-42-13-16-45-17-14-42/h4-11,18-21H,3,12-17H2,1-2H3,(H,38,40)(H,39,43). The number of pyridine rings is 1. The zero-order chi connectivity index (χ0) is 32.8. The van der Waals surface area contributed by atoms with E-state index in [2.05, 4.69) is 25.6 Å². The Morgan fingerprint density at radius 2 is 1.74 bits per heavy atom. The highest BCUT2D eigenvalue weighted by atomic mass is 19.1. The summed E-state index contributed by atoms with van der Waals surface area (Å²) in [6.07, 6.45) is 3.96. The van der Waals surface area contributed by atoms with Gasteiger partial charge in [0.15, 0.2) is 28.9 Å². The zero-order valence-electron chi connectivity index (χ0n) is 26.0. The summed E-state index contributed by atoms with van der Waals surface area (Å²) in [7, 11) is 3.22. The Morgan fingerprint density at radius 1 is 0.957 bits per heavy atom. The second-order valence-corrected chi connectivity index (χ2v) is 10.9. The molecule has 5 aromatic rings. The molecule has 1 aliphatic rings. The largest absolute Gasteiger partial charge is 0.493 e. The minimum atomic E-state index is -0.639. The molecule has 1 fully saturated rings. The molecule has 3 aromatic carbocycles. The second kappa shape index (κ2) is 14.4. The molecule has 0 aliphatic carbocycles. The molecule has 0 bridgehead atoms. The topological polar surface area (TPSA) is 112 Å². The van der Waals surface area contributed by atoms with Crippen LogP contribution in [0, 0.1) is 11.6 Å². The fraction of sp³-hybridized carbons (Fsp3) is 0.265. The van der Waals surface area contributed by atoms with Gasteiger partial charge in [-0.2, -0.15) is 5.10 Å². The van der Waals surface area contributed by atoms with Gasteiger partial charge < -0.3 is 29.6 Å². The molecule has 0 spiro atoms. The molecule has 0 radical (unpaired) electrons. The molecule has 1 aliphatic heterocycles. The van der Waals surface area contributed by atoms with Gasteiger partial charge in [-0.25, -0.2) is 8.78 Å². The molecule has 0 atom stereocenters. The molecular weight excluding hydrogens is 610 g/mol. The Hall–Kier alpha value is -5.27. The van der Waals surface area contributed by atoms with E-state index < -0.39 is 17.5 Å². The minimum absolute atomic E-state index is 0.0132. The molecule has 2 aromatic heterocycles. The Balaban J connectivity index is 1.14. The number of fused-ring (bicyclic) bond motifs is 1. The predicted molar refractivity (Wildman–Crippen MR) is 173 cm³/mol. The van der Waals surface area contributed by atoms with E-state index >= 15 is 4.39 Å². The van der Waals surface area contributed by atoms with Crippen LogP contribution in [0.1, 0.15) is 16.8 Å². The summed E-state index contributed by atoms with van der Waals surface area (Å²) < 4.78 is 53.1. The highest BCUT2D eigenvalue weighted by Crippen LogP contribution is 2.38. The van der Waals surface area contributed by atoms with Crippen LogP contribution in [-0.4, -0.2) is 72.1 Å². The molecule has 2 N–H and O–H groups in total. The summed E-state index contributed by atoms with van der Waals surface area (Å²) in [6.45, 7) is 4.80. The average molecular weight is 645 g/mol. The van der Waals surface area contributed by atoms with Crippen molar-refractivity contribution in [2.45, 2.75) is 6.42 Å². The monoisotopic (exact) mass is 644 g/mol. The normalized spacial score (nSPS) is 13.4. The van der Waals surface area contributed by atoms with Crippen LogP contribution in [0.2, 0.25) is 0 Å². The lowest BCUT2D eigenvalue weighted by Crippen LogP contribution is -2.37. The van der Waals surface area contributed by atoms with Gasteiger partial charge in [-0.1, -0.05) is 0 Å². The van der Waals surface area contributed by atoms with Gasteiger partial charge in [-0.15, -0.1) is 0 Å². The number of benzene rings is 3. The molecule has 1 saturated heterocycles. The third kappa shape index (κ3) is 7.76. The highest BCUT2D eigenvalue weighted by Gasteiger charge is 2.18. The van der Waals surface area contributed by atoms with E-state index in [9.17, 15) is 9.18 Å². The summed E-state index contributed by atoms with van der Waals surface area (Å²) in [5.41, 5.74) is 1.59. The maximum absolute atomic E-state index is 15.4. The zero-order valence-corrected chi connectivity index (χ0v) is 26.0. The fourth-order valence-electron chi connectivity index (χ4n) is 5.18. The van der Waals surface area contributed by atoms with Crippen LogP contribution in [0.5, 0.6) is 23.0 Å². The van der Waals surface area contributed by atoms with Crippen LogP contribution in [0.15, 0.2) is 73.1 Å². The summed E-state index contributed by atoms with van der Waals surface area (Å²) in [6, 6.07) is 14.9. The van der Waals surface area contributed by atoms with E-state index in [-0.39, 0.29) is 17.1 Å². The molecule has 1 amide bonds. The van der Waals surface area contributed by atoms with E-state index in [1.54, 1.807) is 44.6 Å². The van der Waals surface area contributed by atoms with Crippen molar-refractivity contribution in [3.63, 3.8) is 0 Å². The van der Waals surface area contributed by atoms with Gasteiger partial charge in [0.25, 0.3) is 5.91 Å². The van der Waals surface area contributed by atoms with Gasteiger partial charge in [0, 0.05) is 68.0 Å². The first-order chi connectivity index (χ1) is 22.9. The first-order valence-electron chi connectivity index (χ1n) is 15.1. The first kappa shape index (κ1) is 31.7. The number of carbonyl (C=O) groups excluding carboxylic acids is 1. The summed E-state index contributed by atoms with van der Waals surface area (Å²) in [5, 5.41) is 10.6. The van der Waals surface area contributed by atoms with Gasteiger partial charge >= 0.3 is 0 Å². The maximum Gasteiger partial charge on any atom is 0.261 e. The first-order valence-corrected chi connectivity index (χ1v) is 15.1. The van der Waals surface area contributed by atoms with E-state index in [1.165, 1.54) is 47.3 Å². The molecular formula is C34H34F2N6O5. The van der Waals surface area contributed by atoms with Gasteiger partial charge in [0.1, 0.15) is 17.1 Å². The van der Waals surface area contributed by atoms with Gasteiger partial charge in [-0.05, 0) is 55.0 Å². The molecule has 0 saturated carbocycles. The molecule has 6 rings (SSSR count). The second-order valence-electron chi connectivity index (χ2n) is 10.9. The Morgan fingerprint density at radius 3 is 2.51 bits per heavy atom. The Labute approximate surface area is 270 Å². The number of methoxy groups -OCH3 is 1. The van der Waals surface area contributed by atoms with E-state index in [0.29, 0.717) is 46.1 Å². The number of hydrogen-bond donors (Lipinski definition) is 2. The molecule has 244 valence electrons. The Kier molecular flexibility index (Phi) is 9.74. The third-order valence-electron chi connectivity index (χ3n) is 7.56. The molecule has 11 nitrogen and oxygen atoms in total. The number of carbonyl (C=O) groups is 1. The minimum Gasteiger partial charge on any atom is -0.493 e. The molecule has 3 heterocycles. The Bertz CT molecular complexity index is 1860. The van der Waals surface area contributed by atoms with Crippen molar-refractivity contribution in [3.8, 4) is 23.0 Å². The summed E-state index contributed by atoms with van der Waals surface area (Å²) in [4.78, 5) is 19.7. The van der Waals surface area contributed by atoms with Crippen molar-refractivity contribution < 1.29 is 32.5 Å². The van der Waals surface area contributed by atoms with Gasteiger partial charge in [-0.3, -0.25) is 19.4 Å². The lowest BCUT2D eigenvalue weighted by Gasteiger charge is -2.26. The fourth-order valence-corrected chi connectivity index (χ4v) is 5.18. The van der Waals surface area contributed by atoms with Crippen LogP contribution in [-0.2, 0) is 11.8 Å². The van der Waals surface area contributed by atoms with Crippen molar-refractivity contribution in [2.24, 2.45) is 7.05 Å². The smallest absolute Gasteiger partial charge is 0.261 e.